The van der Waals surface area contributed by atoms with E-state index in [0.717, 1.165) is 0 Å². The molecular weight excluding hydrogens is 236 g/mol. The first-order chi connectivity index (χ1) is 7.41. The van der Waals surface area contributed by atoms with Crippen LogP contribution >= 0.6 is 0 Å². The van der Waals surface area contributed by atoms with Gasteiger partial charge in [0.2, 0.25) is 6.79 Å². The van der Waals surface area contributed by atoms with Crippen LogP contribution in [0.4, 0.5) is 0 Å². The molecular formula is CH4O14. The molecule has 0 radical (unpaired) electrons. The van der Waals surface area contributed by atoms with Gasteiger partial charge in [-0.15, -0.1) is 0 Å². The van der Waals surface area contributed by atoms with Crippen molar-refractivity contribution < 1.29 is 70.7 Å². The van der Waals surface area contributed by atoms with Gasteiger partial charge < -0.3 is 0 Å². The van der Waals surface area contributed by atoms with Crippen molar-refractivity contribution in [1.82, 2.24) is 0 Å². The maximum Gasteiger partial charge on any atom is 0.221 e. The van der Waals surface area contributed by atoms with Crippen LogP contribution < -0.4 is 0 Å². The van der Waals surface area contributed by atoms with Gasteiger partial charge in [-0.1, -0.05) is 5.04 Å². The monoisotopic (exact) mass is 240 g/mol. The van der Waals surface area contributed by atoms with E-state index in [1.165, 1.54) is 0 Å². The normalized spacial score (nSPS) is 10.8. The van der Waals surface area contributed by atoms with Gasteiger partial charge in [0.15, 0.2) is 0 Å². The Kier molecular flexibility index (Phi) is 12.9. The molecule has 0 rings (SSSR count). The van der Waals surface area contributed by atoms with Gasteiger partial charge >= 0.3 is 0 Å². The van der Waals surface area contributed by atoms with Crippen molar-refractivity contribution in [1.29, 1.82) is 0 Å². The zero-order valence-corrected chi connectivity index (χ0v) is 6.50. The predicted octanol–water partition coefficient (Wildman–Crippen LogP) is -0.761. The Morgan fingerprint density at radius 2 is 1.07 bits per heavy atom. The van der Waals surface area contributed by atoms with Crippen LogP contribution in [-0.4, -0.2) is 17.3 Å². The molecule has 0 spiro atoms. The molecule has 0 aromatic carbocycles. The standard InChI is InChI=1S/CH4O14/c2-6-4-1-5-8-10-12-14-15-13-11-9-7-3/h2-3H,1H2. The van der Waals surface area contributed by atoms with Crippen molar-refractivity contribution in [2.45, 2.75) is 0 Å². The maximum atomic E-state index is 7.56. The van der Waals surface area contributed by atoms with E-state index in [1.807, 2.05) is 0 Å². The van der Waals surface area contributed by atoms with E-state index >= 15 is 0 Å². The highest BCUT2D eigenvalue weighted by Gasteiger charge is 1.96. The van der Waals surface area contributed by atoms with Crippen LogP contribution in [0.25, 0.3) is 0 Å². The molecule has 0 aliphatic rings. The van der Waals surface area contributed by atoms with Gasteiger partial charge in [-0.05, 0) is 45.3 Å². The van der Waals surface area contributed by atoms with Crippen LogP contribution in [0, 0.1) is 0 Å². The van der Waals surface area contributed by atoms with Crippen molar-refractivity contribution in [3.05, 3.63) is 0 Å². The fourth-order valence-electron chi connectivity index (χ4n) is 0.161. The second-order valence-corrected chi connectivity index (χ2v) is 1.05. The average molecular weight is 240 g/mol. The van der Waals surface area contributed by atoms with Crippen molar-refractivity contribution in [3.63, 3.8) is 0 Å². The summed E-state index contributed by atoms with van der Waals surface area (Å²) in [7, 11) is 0. The van der Waals surface area contributed by atoms with Gasteiger partial charge in [-0.25, -0.2) is 10.5 Å². The molecule has 0 aromatic heterocycles. The maximum absolute atomic E-state index is 7.56. The smallest absolute Gasteiger partial charge is 0.221 e. The van der Waals surface area contributed by atoms with Gasteiger partial charge in [0.05, 0.1) is 0 Å². The van der Waals surface area contributed by atoms with Crippen LogP contribution in [0.3, 0.4) is 0 Å². The third-order valence-electron chi connectivity index (χ3n) is 0.422. The molecule has 92 valence electrons. The molecule has 0 atom stereocenters. The van der Waals surface area contributed by atoms with Gasteiger partial charge in [-0.3, -0.25) is 0 Å². The summed E-state index contributed by atoms with van der Waals surface area (Å²) < 4.78 is 0. The second-order valence-electron chi connectivity index (χ2n) is 1.05. The Labute approximate surface area is 78.8 Å². The summed E-state index contributed by atoms with van der Waals surface area (Å²) in [6.07, 6.45) is 0. The summed E-state index contributed by atoms with van der Waals surface area (Å²) in [5.74, 6) is 0. The molecule has 0 heterocycles. The summed E-state index contributed by atoms with van der Waals surface area (Å²) >= 11 is 0. The minimum Gasteiger partial charge on any atom is -0.221 e. The van der Waals surface area contributed by atoms with E-state index in [1.54, 1.807) is 0 Å². The van der Waals surface area contributed by atoms with E-state index in [-0.39, 0.29) is 0 Å². The van der Waals surface area contributed by atoms with Gasteiger partial charge in [-0.2, -0.15) is 9.78 Å². The van der Waals surface area contributed by atoms with Crippen molar-refractivity contribution >= 4 is 0 Å². The average Bonchev–Trinajstić information content (AvgIpc) is 2.26. The van der Waals surface area contributed by atoms with Crippen LogP contribution in [0.5, 0.6) is 0 Å². The minimum absolute atomic E-state index is 0.651. The minimum atomic E-state index is -0.651. The molecule has 14 heteroatoms. The Bertz CT molecular complexity index is 89.5. The molecule has 0 fully saturated rings. The molecule has 0 aromatic rings. The van der Waals surface area contributed by atoms with E-state index < -0.39 is 6.79 Å². The molecule has 0 aliphatic heterocycles. The van der Waals surface area contributed by atoms with E-state index in [9.17, 15) is 0 Å². The molecule has 2 N–H and O–H groups in total. The third kappa shape index (κ3) is 13.4. The SMILES string of the molecule is OOOCOOOOOOOOOOO. The zero-order chi connectivity index (χ0) is 11.2. The predicted molar refractivity (Wildman–Crippen MR) is 23.1 cm³/mol. The largest absolute Gasteiger partial charge is 0.221 e. The lowest BCUT2D eigenvalue weighted by atomic mass is 11.5. The summed E-state index contributed by atoms with van der Waals surface area (Å²) in [5, 5.41) is 48.6. The van der Waals surface area contributed by atoms with Crippen molar-refractivity contribution in [2.75, 3.05) is 6.79 Å². The summed E-state index contributed by atoms with van der Waals surface area (Å²) in [5.41, 5.74) is 0. The summed E-state index contributed by atoms with van der Waals surface area (Å²) in [6, 6.07) is 0. The lowest BCUT2D eigenvalue weighted by Crippen LogP contribution is -2.04. The first-order valence-electron chi connectivity index (χ1n) is 2.61. The van der Waals surface area contributed by atoms with Crippen LogP contribution in [0.1, 0.15) is 0 Å². The summed E-state index contributed by atoms with van der Waals surface area (Å²) in [6.45, 7) is -0.651. The lowest BCUT2D eigenvalue weighted by molar-refractivity contribution is -0.855. The van der Waals surface area contributed by atoms with E-state index in [4.69, 9.17) is 10.5 Å². The third-order valence-corrected chi connectivity index (χ3v) is 0.422. The van der Waals surface area contributed by atoms with E-state index in [2.05, 4.69) is 60.2 Å². The number of hydrogen-bond donors (Lipinski definition) is 2. The highest BCUT2D eigenvalue weighted by atomic mass is 17.9. The van der Waals surface area contributed by atoms with Crippen LogP contribution in [-0.2, 0) is 60.2 Å². The molecule has 15 heavy (non-hydrogen) atoms. The highest BCUT2D eigenvalue weighted by Crippen LogP contribution is 1.89. The van der Waals surface area contributed by atoms with Crippen LogP contribution in [0.2, 0.25) is 0 Å². The highest BCUT2D eigenvalue weighted by molar-refractivity contribution is 3.69. The number of rotatable bonds is 12. The van der Waals surface area contributed by atoms with Gasteiger partial charge in [0, 0.05) is 0 Å². The molecule has 0 unspecified atom stereocenters. The van der Waals surface area contributed by atoms with Crippen LogP contribution in [0.15, 0.2) is 0 Å². The van der Waals surface area contributed by atoms with Crippen molar-refractivity contribution in [2.24, 2.45) is 0 Å². The quantitative estimate of drug-likeness (QED) is 0.190. The Hall–Kier alpha value is -0.560. The first kappa shape index (κ1) is 14.4. The Morgan fingerprint density at radius 3 is 1.60 bits per heavy atom. The molecule has 0 aliphatic carbocycles. The molecule has 0 amide bonds. The molecule has 0 saturated heterocycles. The fraction of sp³-hybridized carbons (Fsp3) is 1.00. The van der Waals surface area contributed by atoms with Crippen molar-refractivity contribution in [3.8, 4) is 0 Å². The van der Waals surface area contributed by atoms with Gasteiger partial charge in [0.1, 0.15) is 0 Å². The Morgan fingerprint density at radius 1 is 0.533 bits per heavy atom. The fourth-order valence-corrected chi connectivity index (χ4v) is 0.161. The molecule has 14 nitrogen and oxygen atoms in total. The zero-order valence-electron chi connectivity index (χ0n) is 6.50. The topological polar surface area (TPSA) is 151 Å². The Balaban J connectivity index is 2.81. The van der Waals surface area contributed by atoms with Gasteiger partial charge in [0.25, 0.3) is 0 Å². The lowest BCUT2D eigenvalue weighted by Gasteiger charge is -1.98. The summed E-state index contributed by atoms with van der Waals surface area (Å²) in [4.78, 5) is 7.59. The molecule has 0 saturated carbocycles. The number of hydrogen-bond acceptors (Lipinski definition) is 14. The second kappa shape index (κ2) is 13.4. The first-order valence-corrected chi connectivity index (χ1v) is 2.61. The van der Waals surface area contributed by atoms with E-state index in [0.29, 0.717) is 0 Å². The molecule has 0 bridgehead atoms.